The Morgan fingerprint density at radius 2 is 2.36 bits per heavy atom. The van der Waals surface area contributed by atoms with Gasteiger partial charge in [-0.05, 0) is 12.3 Å². The van der Waals surface area contributed by atoms with E-state index in [0.29, 0.717) is 12.3 Å². The lowest BCUT2D eigenvalue weighted by molar-refractivity contribution is -0.129. The van der Waals surface area contributed by atoms with Gasteiger partial charge >= 0.3 is 0 Å². The van der Waals surface area contributed by atoms with Gasteiger partial charge < -0.3 is 15.1 Å². The molecule has 1 fully saturated rings. The van der Waals surface area contributed by atoms with Gasteiger partial charge in [0.1, 0.15) is 0 Å². The highest BCUT2D eigenvalue weighted by Gasteiger charge is 2.29. The van der Waals surface area contributed by atoms with Crippen LogP contribution in [-0.4, -0.2) is 46.8 Å². The van der Waals surface area contributed by atoms with Gasteiger partial charge in [-0.2, -0.15) is 0 Å². The average molecular weight is 201 g/mol. The summed E-state index contributed by atoms with van der Waals surface area (Å²) in [5.74, 6) is 0.550. The maximum atomic E-state index is 11.4. The van der Waals surface area contributed by atoms with Crippen molar-refractivity contribution in [1.29, 1.82) is 0 Å². The second-order valence-corrected chi connectivity index (χ2v) is 3.99. The fraction of sp³-hybridized carbons (Fsp3) is 0.900. The number of β-amino-alcohol motifs (C(OH)–C–C–N with tert-alkyl or cyclic N) is 1. The molecular weight excluding hydrogens is 182 g/mol. The van der Waals surface area contributed by atoms with E-state index in [-0.39, 0.29) is 19.1 Å². The van der Waals surface area contributed by atoms with Crippen LogP contribution in [0.25, 0.3) is 0 Å². The molecule has 0 aromatic rings. The van der Waals surface area contributed by atoms with Crippen molar-refractivity contribution < 1.29 is 15.0 Å². The minimum Gasteiger partial charge on any atom is -0.394 e. The molecule has 4 nitrogen and oxygen atoms in total. The van der Waals surface area contributed by atoms with Gasteiger partial charge in [-0.3, -0.25) is 4.79 Å². The average Bonchev–Trinajstić information content (AvgIpc) is 2.47. The summed E-state index contributed by atoms with van der Waals surface area (Å²) < 4.78 is 0. The van der Waals surface area contributed by atoms with Crippen LogP contribution in [0, 0.1) is 5.92 Å². The number of likely N-dealkylation sites (tertiary alicyclic amines) is 1. The van der Waals surface area contributed by atoms with E-state index in [1.54, 1.807) is 4.90 Å². The van der Waals surface area contributed by atoms with Gasteiger partial charge in [-0.1, -0.05) is 13.3 Å². The largest absolute Gasteiger partial charge is 0.394 e. The van der Waals surface area contributed by atoms with Crippen LogP contribution in [0.15, 0.2) is 0 Å². The molecule has 0 aromatic carbocycles. The van der Waals surface area contributed by atoms with E-state index in [0.717, 1.165) is 19.4 Å². The third-order valence-corrected chi connectivity index (χ3v) is 2.63. The Morgan fingerprint density at radius 1 is 1.64 bits per heavy atom. The molecule has 4 heteroatoms. The van der Waals surface area contributed by atoms with E-state index in [9.17, 15) is 9.90 Å². The second kappa shape index (κ2) is 5.32. The Bertz CT molecular complexity index is 196. The quantitative estimate of drug-likeness (QED) is 0.657. The fourth-order valence-electron chi connectivity index (χ4n) is 1.94. The number of aliphatic hydroxyl groups is 2. The van der Waals surface area contributed by atoms with Crippen LogP contribution in [0.5, 0.6) is 0 Å². The van der Waals surface area contributed by atoms with Crippen LogP contribution < -0.4 is 0 Å². The monoisotopic (exact) mass is 201 g/mol. The summed E-state index contributed by atoms with van der Waals surface area (Å²) in [6.45, 7) is 2.84. The first-order chi connectivity index (χ1) is 6.67. The molecule has 1 aliphatic heterocycles. The maximum Gasteiger partial charge on any atom is 0.223 e. The van der Waals surface area contributed by atoms with E-state index in [4.69, 9.17) is 5.11 Å². The van der Waals surface area contributed by atoms with Gasteiger partial charge in [-0.25, -0.2) is 0 Å². The summed E-state index contributed by atoms with van der Waals surface area (Å²) in [5.41, 5.74) is 0. The summed E-state index contributed by atoms with van der Waals surface area (Å²) >= 11 is 0. The minimum absolute atomic E-state index is 0.107. The van der Waals surface area contributed by atoms with E-state index in [1.165, 1.54) is 0 Å². The van der Waals surface area contributed by atoms with Crippen molar-refractivity contribution in [3.8, 4) is 0 Å². The number of rotatable bonds is 5. The Hall–Kier alpha value is -0.610. The fourth-order valence-corrected chi connectivity index (χ4v) is 1.94. The first-order valence-corrected chi connectivity index (χ1v) is 5.24. The lowest BCUT2D eigenvalue weighted by atomic mass is 10.0. The molecule has 2 N–H and O–H groups in total. The molecule has 0 spiro atoms. The molecule has 0 bridgehead atoms. The Balaban J connectivity index is 2.36. The summed E-state index contributed by atoms with van der Waals surface area (Å²) in [4.78, 5) is 13.1. The number of hydrogen-bond donors (Lipinski definition) is 2. The van der Waals surface area contributed by atoms with Crippen molar-refractivity contribution in [2.45, 2.75) is 32.3 Å². The van der Waals surface area contributed by atoms with Gasteiger partial charge in [0.2, 0.25) is 5.91 Å². The number of nitrogens with zero attached hydrogens (tertiary/aromatic N) is 1. The molecule has 2 atom stereocenters. The van der Waals surface area contributed by atoms with Gasteiger partial charge in [-0.15, -0.1) is 0 Å². The molecule has 0 aliphatic carbocycles. The van der Waals surface area contributed by atoms with Crippen molar-refractivity contribution >= 4 is 5.91 Å². The van der Waals surface area contributed by atoms with Crippen molar-refractivity contribution in [3.63, 3.8) is 0 Å². The molecule has 0 saturated carbocycles. The maximum absolute atomic E-state index is 11.4. The zero-order chi connectivity index (χ0) is 10.6. The normalized spacial score (nSPS) is 24.4. The van der Waals surface area contributed by atoms with Crippen LogP contribution in [0.3, 0.4) is 0 Å². The molecule has 1 aliphatic rings. The summed E-state index contributed by atoms with van der Waals surface area (Å²) in [7, 11) is 0. The summed E-state index contributed by atoms with van der Waals surface area (Å²) in [6.07, 6.45) is 1.97. The molecule has 1 saturated heterocycles. The zero-order valence-electron chi connectivity index (χ0n) is 8.65. The summed E-state index contributed by atoms with van der Waals surface area (Å²) in [5, 5.41) is 17.9. The van der Waals surface area contributed by atoms with E-state index >= 15 is 0 Å². The van der Waals surface area contributed by atoms with Crippen LogP contribution in [-0.2, 0) is 4.79 Å². The molecule has 14 heavy (non-hydrogen) atoms. The Labute approximate surface area is 84.5 Å². The highest BCUT2D eigenvalue weighted by Crippen LogP contribution is 2.21. The van der Waals surface area contributed by atoms with Crippen LogP contribution >= 0.6 is 0 Å². The van der Waals surface area contributed by atoms with Crippen LogP contribution in [0.4, 0.5) is 0 Å². The predicted octanol–water partition coefficient (Wildman–Crippen LogP) is -0.0118. The number of aliphatic hydroxyl groups excluding tert-OH is 2. The second-order valence-electron chi connectivity index (χ2n) is 3.99. The van der Waals surface area contributed by atoms with Gasteiger partial charge in [0, 0.05) is 19.5 Å². The van der Waals surface area contributed by atoms with Crippen LogP contribution in [0.1, 0.15) is 26.2 Å². The van der Waals surface area contributed by atoms with E-state index in [2.05, 4.69) is 6.92 Å². The van der Waals surface area contributed by atoms with Crippen molar-refractivity contribution in [2.75, 3.05) is 19.7 Å². The first-order valence-electron chi connectivity index (χ1n) is 5.24. The van der Waals surface area contributed by atoms with Gasteiger partial charge in [0.05, 0.1) is 12.7 Å². The topological polar surface area (TPSA) is 60.8 Å². The number of hydrogen-bond acceptors (Lipinski definition) is 3. The minimum atomic E-state index is -0.792. The lowest BCUT2D eigenvalue weighted by Gasteiger charge is -2.19. The van der Waals surface area contributed by atoms with Crippen molar-refractivity contribution in [3.05, 3.63) is 0 Å². The smallest absolute Gasteiger partial charge is 0.223 e. The lowest BCUT2D eigenvalue weighted by Crippen LogP contribution is -2.35. The van der Waals surface area contributed by atoms with Gasteiger partial charge in [0.25, 0.3) is 0 Å². The summed E-state index contributed by atoms with van der Waals surface area (Å²) in [6, 6.07) is 0. The molecule has 82 valence electrons. The van der Waals surface area contributed by atoms with Crippen molar-refractivity contribution in [2.24, 2.45) is 5.92 Å². The number of carbonyl (C=O) groups is 1. The van der Waals surface area contributed by atoms with E-state index < -0.39 is 6.10 Å². The third kappa shape index (κ3) is 2.96. The first kappa shape index (κ1) is 11.5. The molecule has 2 unspecified atom stereocenters. The Kier molecular flexibility index (Phi) is 4.35. The Morgan fingerprint density at radius 3 is 2.93 bits per heavy atom. The third-order valence-electron chi connectivity index (χ3n) is 2.63. The molecule has 0 aromatic heterocycles. The van der Waals surface area contributed by atoms with E-state index in [1.807, 2.05) is 0 Å². The highest BCUT2D eigenvalue weighted by molar-refractivity contribution is 5.78. The molecule has 1 rings (SSSR count). The molecular formula is C10H19NO3. The standard InChI is InChI=1S/C10H19NO3/c1-2-3-8-4-10(14)11(5-8)6-9(13)7-12/h8-9,12-13H,2-7H2,1H3. The van der Waals surface area contributed by atoms with Crippen molar-refractivity contribution in [1.82, 2.24) is 4.90 Å². The number of carbonyl (C=O) groups excluding carboxylic acids is 1. The molecule has 0 radical (unpaired) electrons. The molecule has 1 amide bonds. The highest BCUT2D eigenvalue weighted by atomic mass is 16.3. The zero-order valence-corrected chi connectivity index (χ0v) is 8.65. The number of amides is 1. The predicted molar refractivity (Wildman–Crippen MR) is 52.7 cm³/mol. The molecule has 1 heterocycles. The van der Waals surface area contributed by atoms with Crippen LogP contribution in [0.2, 0.25) is 0 Å². The van der Waals surface area contributed by atoms with Gasteiger partial charge in [0.15, 0.2) is 0 Å². The SMILES string of the molecule is CCCC1CC(=O)N(CC(O)CO)C1.